The average Bonchev–Trinajstić information content (AvgIpc) is 2.41. The van der Waals surface area contributed by atoms with Gasteiger partial charge in [0.2, 0.25) is 5.88 Å². The van der Waals surface area contributed by atoms with Crippen LogP contribution in [0.2, 0.25) is 0 Å². The number of aromatic nitrogens is 2. The normalized spacial score (nSPS) is 15.6. The van der Waals surface area contributed by atoms with Gasteiger partial charge in [0.1, 0.15) is 6.33 Å². The minimum atomic E-state index is -0.935. The van der Waals surface area contributed by atoms with E-state index in [9.17, 15) is 9.90 Å². The number of nitrogens with zero attached hydrogens (tertiary/aromatic N) is 3. The zero-order chi connectivity index (χ0) is 10.8. The van der Waals surface area contributed by atoms with Gasteiger partial charge in [-0.15, -0.1) is 0 Å². The Hall–Kier alpha value is -1.85. The van der Waals surface area contributed by atoms with Crippen molar-refractivity contribution < 1.29 is 15.0 Å². The van der Waals surface area contributed by atoms with E-state index in [-0.39, 0.29) is 5.88 Å². The Morgan fingerprint density at radius 3 is 2.80 bits per heavy atom. The standard InChI is InChI=1S/C9H11N3O3/c13-8-6-1-3-12(9(14)15)4-2-7(6)10-5-11-8/h5H,1-4H2,(H,14,15)(H,10,11,13). The van der Waals surface area contributed by atoms with Crippen LogP contribution in [0.3, 0.4) is 0 Å². The summed E-state index contributed by atoms with van der Waals surface area (Å²) >= 11 is 0. The highest BCUT2D eigenvalue weighted by atomic mass is 16.4. The minimum absolute atomic E-state index is 0.0350. The molecule has 0 unspecified atom stereocenters. The fourth-order valence-electron chi connectivity index (χ4n) is 1.70. The van der Waals surface area contributed by atoms with E-state index in [1.165, 1.54) is 11.2 Å². The maximum Gasteiger partial charge on any atom is 0.407 e. The molecule has 80 valence electrons. The van der Waals surface area contributed by atoms with Gasteiger partial charge in [-0.3, -0.25) is 0 Å². The Morgan fingerprint density at radius 1 is 1.33 bits per heavy atom. The second-order valence-electron chi connectivity index (χ2n) is 3.39. The predicted octanol–water partition coefficient (Wildman–Crippen LogP) is 0.261. The molecule has 1 amide bonds. The van der Waals surface area contributed by atoms with Crippen LogP contribution in [0.1, 0.15) is 11.3 Å². The first-order valence-electron chi connectivity index (χ1n) is 4.68. The Morgan fingerprint density at radius 2 is 2.07 bits per heavy atom. The number of carbonyl (C=O) groups is 1. The van der Waals surface area contributed by atoms with Crippen LogP contribution in [0.5, 0.6) is 5.88 Å². The largest absolute Gasteiger partial charge is 0.493 e. The van der Waals surface area contributed by atoms with Crippen LogP contribution in [0.25, 0.3) is 0 Å². The van der Waals surface area contributed by atoms with Gasteiger partial charge in [-0.2, -0.15) is 0 Å². The number of carboxylic acid groups (broad SMARTS) is 1. The predicted molar refractivity (Wildman–Crippen MR) is 50.7 cm³/mol. The molecule has 2 heterocycles. The first-order valence-corrected chi connectivity index (χ1v) is 4.68. The Kier molecular flexibility index (Phi) is 2.40. The molecule has 6 heteroatoms. The van der Waals surface area contributed by atoms with Gasteiger partial charge >= 0.3 is 6.09 Å². The van der Waals surface area contributed by atoms with Gasteiger partial charge in [0.25, 0.3) is 0 Å². The third kappa shape index (κ3) is 1.83. The highest BCUT2D eigenvalue weighted by Gasteiger charge is 2.20. The van der Waals surface area contributed by atoms with Crippen LogP contribution in [0.4, 0.5) is 4.79 Å². The first-order chi connectivity index (χ1) is 7.18. The quantitative estimate of drug-likeness (QED) is 0.640. The van der Waals surface area contributed by atoms with E-state index in [0.29, 0.717) is 31.5 Å². The summed E-state index contributed by atoms with van der Waals surface area (Å²) < 4.78 is 0. The summed E-state index contributed by atoms with van der Waals surface area (Å²) in [7, 11) is 0. The molecule has 0 radical (unpaired) electrons. The van der Waals surface area contributed by atoms with Gasteiger partial charge in [0, 0.05) is 25.1 Å². The number of hydrogen-bond acceptors (Lipinski definition) is 4. The monoisotopic (exact) mass is 209 g/mol. The molecule has 0 fully saturated rings. The second-order valence-corrected chi connectivity index (χ2v) is 3.39. The Labute approximate surface area is 86.2 Å². The summed E-state index contributed by atoms with van der Waals surface area (Å²) in [6.07, 6.45) is 1.35. The molecule has 0 spiro atoms. The summed E-state index contributed by atoms with van der Waals surface area (Å²) in [6, 6.07) is 0. The molecule has 15 heavy (non-hydrogen) atoms. The van der Waals surface area contributed by atoms with Gasteiger partial charge < -0.3 is 15.1 Å². The number of hydrogen-bond donors (Lipinski definition) is 2. The molecule has 1 aromatic rings. The number of aromatic hydroxyl groups is 1. The van der Waals surface area contributed by atoms with Crippen molar-refractivity contribution in [1.29, 1.82) is 0 Å². The summed E-state index contributed by atoms with van der Waals surface area (Å²) in [5, 5.41) is 18.3. The maximum atomic E-state index is 10.8. The molecule has 0 aliphatic carbocycles. The molecule has 1 aromatic heterocycles. The van der Waals surface area contributed by atoms with Crippen LogP contribution >= 0.6 is 0 Å². The fourth-order valence-corrected chi connectivity index (χ4v) is 1.70. The maximum absolute atomic E-state index is 10.8. The van der Waals surface area contributed by atoms with Gasteiger partial charge in [0.05, 0.1) is 5.69 Å². The van der Waals surface area contributed by atoms with Crippen molar-refractivity contribution in [1.82, 2.24) is 14.9 Å². The van der Waals surface area contributed by atoms with Gasteiger partial charge in [0.15, 0.2) is 0 Å². The SMILES string of the molecule is O=C(O)N1CCc2ncnc(O)c2CC1. The lowest BCUT2D eigenvalue weighted by atomic mass is 10.1. The van der Waals surface area contributed by atoms with E-state index in [4.69, 9.17) is 5.11 Å². The van der Waals surface area contributed by atoms with E-state index >= 15 is 0 Å². The van der Waals surface area contributed by atoms with Crippen LogP contribution in [0, 0.1) is 0 Å². The molecule has 2 rings (SSSR count). The highest BCUT2D eigenvalue weighted by molar-refractivity contribution is 5.65. The van der Waals surface area contributed by atoms with Crippen LogP contribution in [-0.4, -0.2) is 44.3 Å². The first kappa shape index (κ1) is 9.70. The molecule has 0 atom stereocenters. The molecule has 0 bridgehead atoms. The van der Waals surface area contributed by atoms with Crippen LogP contribution < -0.4 is 0 Å². The van der Waals surface area contributed by atoms with Crippen molar-refractivity contribution in [2.24, 2.45) is 0 Å². The smallest absolute Gasteiger partial charge is 0.407 e. The molecule has 1 aliphatic heterocycles. The van der Waals surface area contributed by atoms with Crippen molar-refractivity contribution >= 4 is 6.09 Å². The van der Waals surface area contributed by atoms with Crippen molar-refractivity contribution in [2.75, 3.05) is 13.1 Å². The van der Waals surface area contributed by atoms with Crippen LogP contribution in [0.15, 0.2) is 6.33 Å². The third-order valence-corrected chi connectivity index (χ3v) is 2.53. The lowest BCUT2D eigenvalue weighted by molar-refractivity contribution is 0.147. The molecule has 6 nitrogen and oxygen atoms in total. The highest BCUT2D eigenvalue weighted by Crippen LogP contribution is 2.20. The summed E-state index contributed by atoms with van der Waals surface area (Å²) in [6.45, 7) is 0.794. The topological polar surface area (TPSA) is 86.5 Å². The van der Waals surface area contributed by atoms with E-state index in [2.05, 4.69) is 9.97 Å². The fraction of sp³-hybridized carbons (Fsp3) is 0.444. The number of amides is 1. The molecule has 0 saturated carbocycles. The van der Waals surface area contributed by atoms with Gasteiger partial charge in [-0.25, -0.2) is 14.8 Å². The van der Waals surface area contributed by atoms with E-state index in [0.717, 1.165) is 5.69 Å². The van der Waals surface area contributed by atoms with Crippen molar-refractivity contribution in [3.8, 4) is 5.88 Å². The van der Waals surface area contributed by atoms with Crippen molar-refractivity contribution in [2.45, 2.75) is 12.8 Å². The summed E-state index contributed by atoms with van der Waals surface area (Å²) in [5.74, 6) is -0.0350. The van der Waals surface area contributed by atoms with E-state index in [1.54, 1.807) is 0 Å². The molecule has 2 N–H and O–H groups in total. The second kappa shape index (κ2) is 3.72. The zero-order valence-corrected chi connectivity index (χ0v) is 8.05. The Bertz CT molecular complexity index is 394. The number of fused-ring (bicyclic) bond motifs is 1. The third-order valence-electron chi connectivity index (χ3n) is 2.53. The summed E-state index contributed by atoms with van der Waals surface area (Å²) in [4.78, 5) is 19.8. The van der Waals surface area contributed by atoms with Gasteiger partial charge in [-0.1, -0.05) is 0 Å². The van der Waals surface area contributed by atoms with Crippen LogP contribution in [-0.2, 0) is 12.8 Å². The summed E-state index contributed by atoms with van der Waals surface area (Å²) in [5.41, 5.74) is 1.41. The lowest BCUT2D eigenvalue weighted by Gasteiger charge is -2.14. The van der Waals surface area contributed by atoms with Crippen molar-refractivity contribution in [3.63, 3.8) is 0 Å². The lowest BCUT2D eigenvalue weighted by Crippen LogP contribution is -2.31. The number of rotatable bonds is 0. The Balaban J connectivity index is 2.25. The molecular formula is C9H11N3O3. The molecule has 1 aliphatic rings. The van der Waals surface area contributed by atoms with Crippen molar-refractivity contribution in [3.05, 3.63) is 17.6 Å². The molecule has 0 aromatic carbocycles. The minimum Gasteiger partial charge on any atom is -0.493 e. The van der Waals surface area contributed by atoms with E-state index in [1.807, 2.05) is 0 Å². The zero-order valence-electron chi connectivity index (χ0n) is 8.05. The van der Waals surface area contributed by atoms with E-state index < -0.39 is 6.09 Å². The average molecular weight is 209 g/mol. The molecular weight excluding hydrogens is 198 g/mol. The molecule has 0 saturated heterocycles. The van der Waals surface area contributed by atoms with Gasteiger partial charge in [-0.05, 0) is 6.42 Å².